The Balaban J connectivity index is 2.01. The van der Waals surface area contributed by atoms with E-state index in [0.717, 1.165) is 18.7 Å². The third-order valence-electron chi connectivity index (χ3n) is 2.74. The minimum Gasteiger partial charge on any atom is -0.419 e. The number of hydrogen-bond donors (Lipinski definition) is 0. The fraction of sp³-hybridized carbons (Fsp3) is 0.0769. The van der Waals surface area contributed by atoms with Crippen LogP contribution in [-0.4, -0.2) is 25.9 Å². The molecule has 0 aliphatic rings. The molecule has 0 radical (unpaired) electrons. The number of rotatable bonds is 3. The Kier molecular flexibility index (Phi) is 3.56. The zero-order valence-corrected chi connectivity index (χ0v) is 11.2. The first-order valence-corrected chi connectivity index (χ1v) is 6.15. The lowest BCUT2D eigenvalue weighted by molar-refractivity contribution is -0.143. The van der Waals surface area contributed by atoms with Crippen molar-refractivity contribution in [1.29, 1.82) is 0 Å². The topological polar surface area (TPSA) is 83.0 Å². The fourth-order valence-corrected chi connectivity index (χ4v) is 1.79. The maximum Gasteiger partial charge on any atom is 0.437 e. The molecule has 10 heteroatoms. The third-order valence-corrected chi connectivity index (χ3v) is 2.74. The number of nitrogens with zero attached hydrogens (tertiary/aromatic N) is 4. The molecule has 3 rings (SSSR count). The molecule has 0 saturated heterocycles. The van der Waals surface area contributed by atoms with Crippen LogP contribution in [-0.2, 0) is 6.18 Å². The monoisotopic (exact) mass is 324 g/mol. The SMILES string of the molecule is O=C(Oc1cnn(-c2ccccn2)c1C(F)(F)F)c1cnoc1. The van der Waals surface area contributed by atoms with Gasteiger partial charge in [-0.2, -0.15) is 18.3 Å². The van der Waals surface area contributed by atoms with Gasteiger partial charge in [0.15, 0.2) is 17.3 Å². The first-order valence-electron chi connectivity index (χ1n) is 6.15. The number of halogens is 3. The second-order valence-electron chi connectivity index (χ2n) is 4.26. The number of carbonyl (C=O) groups excluding carboxylic acids is 1. The summed E-state index contributed by atoms with van der Waals surface area (Å²) in [4.78, 5) is 15.6. The molecule has 7 nitrogen and oxygen atoms in total. The van der Waals surface area contributed by atoms with Gasteiger partial charge in [0.1, 0.15) is 11.8 Å². The summed E-state index contributed by atoms with van der Waals surface area (Å²) in [6, 6.07) is 4.40. The zero-order chi connectivity index (χ0) is 16.4. The predicted molar refractivity (Wildman–Crippen MR) is 67.8 cm³/mol. The molecule has 3 aromatic rings. The molecule has 0 aliphatic heterocycles. The van der Waals surface area contributed by atoms with Crippen LogP contribution in [0.4, 0.5) is 13.2 Å². The van der Waals surface area contributed by atoms with Crippen LogP contribution >= 0.6 is 0 Å². The van der Waals surface area contributed by atoms with Gasteiger partial charge in [0.25, 0.3) is 0 Å². The summed E-state index contributed by atoms with van der Waals surface area (Å²) in [5, 5.41) is 6.89. The van der Waals surface area contributed by atoms with Crippen LogP contribution in [0.2, 0.25) is 0 Å². The van der Waals surface area contributed by atoms with Crippen LogP contribution in [0.5, 0.6) is 5.75 Å². The molecule has 0 spiro atoms. The molecule has 0 atom stereocenters. The van der Waals surface area contributed by atoms with Gasteiger partial charge >= 0.3 is 12.1 Å². The van der Waals surface area contributed by atoms with Crippen LogP contribution in [0, 0.1) is 0 Å². The van der Waals surface area contributed by atoms with Gasteiger partial charge in [-0.15, -0.1) is 0 Å². The van der Waals surface area contributed by atoms with E-state index < -0.39 is 23.6 Å². The van der Waals surface area contributed by atoms with E-state index in [-0.39, 0.29) is 11.4 Å². The van der Waals surface area contributed by atoms with E-state index in [1.807, 2.05) is 0 Å². The molecule has 0 N–H and O–H groups in total. The quantitative estimate of drug-likeness (QED) is 0.688. The van der Waals surface area contributed by atoms with E-state index in [9.17, 15) is 18.0 Å². The average Bonchev–Trinajstić information content (AvgIpc) is 3.17. The highest BCUT2D eigenvalue weighted by molar-refractivity contribution is 5.90. The second-order valence-corrected chi connectivity index (χ2v) is 4.26. The number of ether oxygens (including phenoxy) is 1. The van der Waals surface area contributed by atoms with Gasteiger partial charge in [-0.25, -0.2) is 14.5 Å². The Bertz CT molecular complexity index is 813. The number of aromatic nitrogens is 4. The molecular formula is C13H7F3N4O3. The van der Waals surface area contributed by atoms with E-state index in [2.05, 4.69) is 19.8 Å². The van der Waals surface area contributed by atoms with E-state index in [4.69, 9.17) is 4.74 Å². The second kappa shape index (κ2) is 5.55. The van der Waals surface area contributed by atoms with Gasteiger partial charge in [-0.1, -0.05) is 11.2 Å². The van der Waals surface area contributed by atoms with Crippen molar-refractivity contribution in [3.8, 4) is 11.6 Å². The lowest BCUT2D eigenvalue weighted by atomic mass is 10.3. The first-order chi connectivity index (χ1) is 11.0. The van der Waals surface area contributed by atoms with Crippen LogP contribution in [0.25, 0.3) is 5.82 Å². The summed E-state index contributed by atoms with van der Waals surface area (Å²) in [5.41, 5.74) is -1.37. The van der Waals surface area contributed by atoms with Gasteiger partial charge in [0, 0.05) is 6.20 Å². The Labute approximate surface area is 126 Å². The normalized spacial score (nSPS) is 11.4. The van der Waals surface area contributed by atoms with Crippen LogP contribution in [0.1, 0.15) is 16.1 Å². The summed E-state index contributed by atoms with van der Waals surface area (Å²) < 4.78 is 49.7. The fourth-order valence-electron chi connectivity index (χ4n) is 1.79. The van der Waals surface area contributed by atoms with E-state index in [1.54, 1.807) is 6.07 Å². The zero-order valence-electron chi connectivity index (χ0n) is 11.2. The molecule has 23 heavy (non-hydrogen) atoms. The molecule has 0 unspecified atom stereocenters. The minimum atomic E-state index is -4.81. The number of carbonyl (C=O) groups is 1. The van der Waals surface area contributed by atoms with E-state index in [0.29, 0.717) is 4.68 Å². The summed E-state index contributed by atoms with van der Waals surface area (Å²) >= 11 is 0. The standard InChI is InChI=1S/C13H7F3N4O3/c14-13(15,16)11-9(23-12(21)8-5-19-22-7-8)6-18-20(11)10-3-1-2-4-17-10/h1-7H. The smallest absolute Gasteiger partial charge is 0.419 e. The highest BCUT2D eigenvalue weighted by Crippen LogP contribution is 2.37. The number of hydrogen-bond acceptors (Lipinski definition) is 6. The van der Waals surface area contributed by atoms with Crippen molar-refractivity contribution in [3.63, 3.8) is 0 Å². The Hall–Kier alpha value is -3.17. The van der Waals surface area contributed by atoms with E-state index in [1.165, 1.54) is 18.3 Å². The molecule has 118 valence electrons. The lowest BCUT2D eigenvalue weighted by Crippen LogP contribution is -2.17. The maximum absolute atomic E-state index is 13.3. The lowest BCUT2D eigenvalue weighted by Gasteiger charge is -2.11. The highest BCUT2D eigenvalue weighted by atomic mass is 19.4. The van der Waals surface area contributed by atoms with Gasteiger partial charge in [-0.3, -0.25) is 0 Å². The summed E-state index contributed by atoms with van der Waals surface area (Å²) in [6.45, 7) is 0. The number of alkyl halides is 3. The Morgan fingerprint density at radius 2 is 2.09 bits per heavy atom. The van der Waals surface area contributed by atoms with Gasteiger partial charge in [-0.05, 0) is 12.1 Å². The highest BCUT2D eigenvalue weighted by Gasteiger charge is 2.40. The first kappa shape index (κ1) is 14.8. The summed E-state index contributed by atoms with van der Waals surface area (Å²) in [5.74, 6) is -1.85. The molecule has 0 saturated carbocycles. The Morgan fingerprint density at radius 3 is 2.70 bits per heavy atom. The maximum atomic E-state index is 13.3. The predicted octanol–water partition coefficient (Wildman–Crippen LogP) is 2.49. The molecule has 0 aliphatic carbocycles. The van der Waals surface area contributed by atoms with Gasteiger partial charge in [0.2, 0.25) is 0 Å². The minimum absolute atomic E-state index is 0.0629. The van der Waals surface area contributed by atoms with Gasteiger partial charge < -0.3 is 9.26 Å². The average molecular weight is 324 g/mol. The van der Waals surface area contributed by atoms with Crippen LogP contribution < -0.4 is 4.74 Å². The van der Waals surface area contributed by atoms with Crippen molar-refractivity contribution >= 4 is 5.97 Å². The molecule has 0 bridgehead atoms. The van der Waals surface area contributed by atoms with Crippen molar-refractivity contribution < 1.29 is 27.2 Å². The van der Waals surface area contributed by atoms with Crippen molar-refractivity contribution in [2.45, 2.75) is 6.18 Å². The molecule has 3 aromatic heterocycles. The van der Waals surface area contributed by atoms with Crippen molar-refractivity contribution in [2.24, 2.45) is 0 Å². The van der Waals surface area contributed by atoms with Crippen molar-refractivity contribution in [3.05, 3.63) is 54.3 Å². The summed E-state index contributed by atoms with van der Waals surface area (Å²) in [6.07, 6.45) is -0.710. The number of pyridine rings is 1. The molecular weight excluding hydrogens is 317 g/mol. The Morgan fingerprint density at radius 1 is 1.26 bits per heavy atom. The van der Waals surface area contributed by atoms with Gasteiger partial charge in [0.05, 0.1) is 12.4 Å². The molecule has 0 fully saturated rings. The molecule has 0 aromatic carbocycles. The molecule has 0 amide bonds. The summed E-state index contributed by atoms with van der Waals surface area (Å²) in [7, 11) is 0. The van der Waals surface area contributed by atoms with Crippen molar-refractivity contribution in [2.75, 3.05) is 0 Å². The van der Waals surface area contributed by atoms with Crippen LogP contribution in [0.3, 0.4) is 0 Å². The largest absolute Gasteiger partial charge is 0.437 e. The third kappa shape index (κ3) is 2.91. The van der Waals surface area contributed by atoms with E-state index >= 15 is 0 Å². The number of esters is 1. The molecule has 3 heterocycles. The van der Waals surface area contributed by atoms with Crippen LogP contribution in [0.15, 0.2) is 47.6 Å². The van der Waals surface area contributed by atoms with Crippen molar-refractivity contribution in [1.82, 2.24) is 19.9 Å².